The molecule has 4 rings (SSSR count). The molecule has 1 aromatic heterocycles. The molecular weight excluding hydrogens is 322 g/mol. The van der Waals surface area contributed by atoms with Crippen molar-refractivity contribution < 1.29 is 4.74 Å². The molecular formula is C22H19N3O. The van der Waals surface area contributed by atoms with Gasteiger partial charge in [-0.2, -0.15) is 0 Å². The fourth-order valence-electron chi connectivity index (χ4n) is 3.03. The van der Waals surface area contributed by atoms with Crippen LogP contribution in [0.4, 0.5) is 11.5 Å². The van der Waals surface area contributed by atoms with Crippen molar-refractivity contribution >= 4 is 22.3 Å². The van der Waals surface area contributed by atoms with Gasteiger partial charge in [-0.25, -0.2) is 9.97 Å². The number of rotatable bonds is 4. The van der Waals surface area contributed by atoms with Crippen LogP contribution in [0.15, 0.2) is 72.8 Å². The van der Waals surface area contributed by atoms with E-state index in [1.54, 1.807) is 7.11 Å². The molecule has 1 heterocycles. The Labute approximate surface area is 152 Å². The highest BCUT2D eigenvalue weighted by atomic mass is 16.5. The molecule has 0 radical (unpaired) electrons. The fraction of sp³-hybridized carbons (Fsp3) is 0.0909. The molecule has 0 saturated carbocycles. The van der Waals surface area contributed by atoms with Crippen LogP contribution in [0.25, 0.3) is 22.0 Å². The Kier molecular flexibility index (Phi) is 4.23. The number of aromatic nitrogens is 2. The number of hydrogen-bond acceptors (Lipinski definition) is 4. The van der Waals surface area contributed by atoms with Crippen LogP contribution in [0.1, 0.15) is 5.82 Å². The van der Waals surface area contributed by atoms with Crippen LogP contribution < -0.4 is 10.1 Å². The lowest BCUT2D eigenvalue weighted by molar-refractivity contribution is 0.415. The highest BCUT2D eigenvalue weighted by Gasteiger charge is 2.07. The minimum Gasteiger partial charge on any atom is -0.497 e. The summed E-state index contributed by atoms with van der Waals surface area (Å²) in [5, 5.41) is 5.80. The number of ether oxygens (including phenoxy) is 1. The maximum absolute atomic E-state index is 5.32. The number of anilines is 2. The molecule has 4 nitrogen and oxygen atoms in total. The van der Waals surface area contributed by atoms with E-state index < -0.39 is 0 Å². The van der Waals surface area contributed by atoms with Gasteiger partial charge in [-0.1, -0.05) is 48.5 Å². The fourth-order valence-corrected chi connectivity index (χ4v) is 3.03. The van der Waals surface area contributed by atoms with Crippen molar-refractivity contribution in [3.63, 3.8) is 0 Å². The van der Waals surface area contributed by atoms with E-state index in [9.17, 15) is 0 Å². The average Bonchev–Trinajstić information content (AvgIpc) is 2.68. The van der Waals surface area contributed by atoms with Gasteiger partial charge < -0.3 is 10.1 Å². The second-order valence-corrected chi connectivity index (χ2v) is 6.07. The monoisotopic (exact) mass is 341 g/mol. The minimum absolute atomic E-state index is 0.716. The van der Waals surface area contributed by atoms with Crippen molar-refractivity contribution in [1.82, 2.24) is 9.97 Å². The maximum Gasteiger partial charge on any atom is 0.134 e. The normalized spacial score (nSPS) is 10.7. The zero-order valence-electron chi connectivity index (χ0n) is 14.7. The van der Waals surface area contributed by atoms with Crippen molar-refractivity contribution in [3.05, 3.63) is 78.6 Å². The third kappa shape index (κ3) is 3.22. The topological polar surface area (TPSA) is 47.0 Å². The zero-order chi connectivity index (χ0) is 17.9. The van der Waals surface area contributed by atoms with Crippen LogP contribution in [0.2, 0.25) is 0 Å². The van der Waals surface area contributed by atoms with E-state index in [1.165, 1.54) is 5.39 Å². The molecule has 0 unspecified atom stereocenters. The lowest BCUT2D eigenvalue weighted by Crippen LogP contribution is -1.99. The third-order valence-corrected chi connectivity index (χ3v) is 4.26. The SMILES string of the molecule is COc1cccc(-c2cc(Nc3cccc4ccccc34)nc(C)n2)c1. The molecule has 0 saturated heterocycles. The average molecular weight is 341 g/mol. The molecule has 4 heteroatoms. The summed E-state index contributed by atoms with van der Waals surface area (Å²) in [6.45, 7) is 1.90. The van der Waals surface area contributed by atoms with Gasteiger partial charge in [0.05, 0.1) is 12.8 Å². The maximum atomic E-state index is 5.32. The van der Waals surface area contributed by atoms with Crippen molar-refractivity contribution in [1.29, 1.82) is 0 Å². The van der Waals surface area contributed by atoms with Crippen LogP contribution in [0, 0.1) is 6.92 Å². The molecule has 0 amide bonds. The first-order valence-corrected chi connectivity index (χ1v) is 8.48. The number of aryl methyl sites for hydroxylation is 1. The Balaban J connectivity index is 1.74. The van der Waals surface area contributed by atoms with Gasteiger partial charge in [-0.05, 0) is 30.5 Å². The number of methoxy groups -OCH3 is 1. The van der Waals surface area contributed by atoms with Crippen molar-refractivity contribution in [2.24, 2.45) is 0 Å². The Morgan fingerprint density at radius 3 is 2.54 bits per heavy atom. The molecule has 26 heavy (non-hydrogen) atoms. The smallest absolute Gasteiger partial charge is 0.134 e. The summed E-state index contributed by atoms with van der Waals surface area (Å²) in [6.07, 6.45) is 0. The summed E-state index contributed by atoms with van der Waals surface area (Å²) in [5.74, 6) is 2.29. The summed E-state index contributed by atoms with van der Waals surface area (Å²) in [5.41, 5.74) is 2.88. The predicted octanol–water partition coefficient (Wildman–Crippen LogP) is 5.36. The number of nitrogens with one attached hydrogen (secondary N) is 1. The van der Waals surface area contributed by atoms with E-state index in [4.69, 9.17) is 4.74 Å². The molecule has 0 bridgehead atoms. The Morgan fingerprint density at radius 2 is 1.65 bits per heavy atom. The van der Waals surface area contributed by atoms with E-state index >= 15 is 0 Å². The first kappa shape index (κ1) is 16.1. The lowest BCUT2D eigenvalue weighted by Gasteiger charge is -2.11. The lowest BCUT2D eigenvalue weighted by atomic mass is 10.1. The van der Waals surface area contributed by atoms with Crippen molar-refractivity contribution in [3.8, 4) is 17.0 Å². The highest BCUT2D eigenvalue weighted by Crippen LogP contribution is 2.28. The van der Waals surface area contributed by atoms with Crippen molar-refractivity contribution in [2.75, 3.05) is 12.4 Å². The summed E-state index contributed by atoms with van der Waals surface area (Å²) in [4.78, 5) is 9.13. The number of benzene rings is 3. The quantitative estimate of drug-likeness (QED) is 0.543. The van der Waals surface area contributed by atoms with Gasteiger partial charge in [0.2, 0.25) is 0 Å². The second kappa shape index (κ2) is 6.84. The third-order valence-electron chi connectivity index (χ3n) is 4.26. The number of nitrogens with zero attached hydrogens (tertiary/aromatic N) is 2. The Morgan fingerprint density at radius 1 is 0.846 bits per heavy atom. The molecule has 128 valence electrons. The van der Waals surface area contributed by atoms with Gasteiger partial charge in [-0.3, -0.25) is 0 Å². The van der Waals surface area contributed by atoms with Crippen LogP contribution >= 0.6 is 0 Å². The molecule has 0 atom stereocenters. The van der Waals surface area contributed by atoms with Crippen LogP contribution in [-0.2, 0) is 0 Å². The summed E-state index contributed by atoms with van der Waals surface area (Å²) in [7, 11) is 1.66. The molecule has 3 aromatic carbocycles. The molecule has 0 aliphatic rings. The van der Waals surface area contributed by atoms with Crippen molar-refractivity contribution in [2.45, 2.75) is 6.92 Å². The number of fused-ring (bicyclic) bond motifs is 1. The molecule has 1 N–H and O–H groups in total. The van der Waals surface area contributed by atoms with Crippen LogP contribution in [0.5, 0.6) is 5.75 Å². The molecule has 0 aliphatic carbocycles. The van der Waals surface area contributed by atoms with E-state index in [0.717, 1.165) is 33.9 Å². The van der Waals surface area contributed by atoms with Gasteiger partial charge in [0.1, 0.15) is 17.4 Å². The van der Waals surface area contributed by atoms with Gasteiger partial charge in [-0.15, -0.1) is 0 Å². The highest BCUT2D eigenvalue weighted by molar-refractivity contribution is 5.95. The minimum atomic E-state index is 0.716. The summed E-state index contributed by atoms with van der Waals surface area (Å²) in [6, 6.07) is 24.3. The first-order valence-electron chi connectivity index (χ1n) is 8.48. The van der Waals surface area contributed by atoms with Gasteiger partial charge in [0, 0.05) is 22.7 Å². The molecule has 4 aromatic rings. The van der Waals surface area contributed by atoms with E-state index in [-0.39, 0.29) is 0 Å². The largest absolute Gasteiger partial charge is 0.497 e. The molecule has 0 fully saturated rings. The van der Waals surface area contributed by atoms with E-state index in [2.05, 4.69) is 39.6 Å². The van der Waals surface area contributed by atoms with E-state index in [0.29, 0.717) is 5.82 Å². The van der Waals surface area contributed by atoms with Gasteiger partial charge >= 0.3 is 0 Å². The Hall–Kier alpha value is -3.40. The summed E-state index contributed by atoms with van der Waals surface area (Å²) < 4.78 is 5.32. The molecule has 0 spiro atoms. The zero-order valence-corrected chi connectivity index (χ0v) is 14.7. The first-order chi connectivity index (χ1) is 12.7. The Bertz CT molecular complexity index is 1070. The number of hydrogen-bond donors (Lipinski definition) is 1. The second-order valence-electron chi connectivity index (χ2n) is 6.07. The van der Waals surface area contributed by atoms with Gasteiger partial charge in [0.15, 0.2) is 0 Å². The predicted molar refractivity (Wildman–Crippen MR) is 106 cm³/mol. The van der Waals surface area contributed by atoms with Gasteiger partial charge in [0.25, 0.3) is 0 Å². The standard InChI is InChI=1S/C22H19N3O/c1-15-23-21(17-9-5-10-18(13-17)26-2)14-22(24-15)25-20-12-6-8-16-7-3-4-11-19(16)20/h3-14H,1-2H3,(H,23,24,25). The van der Waals surface area contributed by atoms with E-state index in [1.807, 2.05) is 55.5 Å². The molecule has 0 aliphatic heterocycles. The summed E-state index contributed by atoms with van der Waals surface area (Å²) >= 11 is 0. The van der Waals surface area contributed by atoms with Crippen LogP contribution in [-0.4, -0.2) is 17.1 Å². The van der Waals surface area contributed by atoms with Crippen LogP contribution in [0.3, 0.4) is 0 Å².